The number of nitrogens with zero attached hydrogens (tertiary/aromatic N) is 2. The molecule has 2 N–H and O–H groups in total. The van der Waals surface area contributed by atoms with E-state index in [2.05, 4.69) is 30.6 Å². The van der Waals surface area contributed by atoms with Crippen molar-refractivity contribution in [3.05, 3.63) is 107 Å². The molecule has 1 atom stereocenters. The van der Waals surface area contributed by atoms with Crippen molar-refractivity contribution in [2.24, 2.45) is 4.99 Å². The van der Waals surface area contributed by atoms with Gasteiger partial charge in [0.1, 0.15) is 11.6 Å². The van der Waals surface area contributed by atoms with E-state index in [0.717, 1.165) is 23.3 Å². The third kappa shape index (κ3) is 4.57. The zero-order valence-electron chi connectivity index (χ0n) is 17.4. The summed E-state index contributed by atoms with van der Waals surface area (Å²) in [6, 6.07) is 13.3. The van der Waals surface area contributed by atoms with Crippen molar-refractivity contribution in [1.82, 2.24) is 4.68 Å². The van der Waals surface area contributed by atoms with Gasteiger partial charge in [-0.05, 0) is 73.4 Å². The number of hydrogen-bond acceptors (Lipinski definition) is 2. The predicted octanol–water partition coefficient (Wildman–Crippen LogP) is 6.30. The van der Waals surface area contributed by atoms with Gasteiger partial charge in [-0.3, -0.25) is 4.68 Å². The van der Waals surface area contributed by atoms with Gasteiger partial charge in [-0.15, -0.1) is 0 Å². The third-order valence-electron chi connectivity index (χ3n) is 5.04. The topological polar surface area (TPSA) is 43.3 Å². The highest BCUT2D eigenvalue weighted by Gasteiger charge is 2.21. The Labute approximate surface area is 175 Å². The Morgan fingerprint density at radius 1 is 1.13 bits per heavy atom. The van der Waals surface area contributed by atoms with Crippen LogP contribution in [-0.4, -0.2) is 10.9 Å². The number of aryl methyl sites for hydroxylation is 1. The lowest BCUT2D eigenvalue weighted by molar-refractivity contribution is 0.582. The maximum Gasteiger partial charge on any atom is 0.150 e. The van der Waals surface area contributed by atoms with Gasteiger partial charge < -0.3 is 5.84 Å². The first kappa shape index (κ1) is 21.2. The number of allylic oxidation sites excluding steroid dienone is 3. The second kappa shape index (κ2) is 8.91. The van der Waals surface area contributed by atoms with E-state index < -0.39 is 17.6 Å². The SMILES string of the molecule is C=C(C)C(c1cc(/N=C\C=C(/C)c2ccccc2C)n(N)c1)c1cc(F)ccc1F. The normalized spacial score (nSPS) is 13.0. The van der Waals surface area contributed by atoms with Crippen molar-refractivity contribution in [3.8, 4) is 0 Å². The summed E-state index contributed by atoms with van der Waals surface area (Å²) in [5, 5.41) is 0. The second-order valence-corrected chi connectivity index (χ2v) is 7.43. The molecule has 0 aliphatic carbocycles. The molecule has 1 aromatic heterocycles. The van der Waals surface area contributed by atoms with Gasteiger partial charge in [0, 0.05) is 23.9 Å². The van der Waals surface area contributed by atoms with Gasteiger partial charge in [0.05, 0.1) is 0 Å². The van der Waals surface area contributed by atoms with Crippen LogP contribution < -0.4 is 5.84 Å². The number of hydrogen-bond donors (Lipinski definition) is 1. The van der Waals surface area contributed by atoms with E-state index >= 15 is 0 Å². The first-order valence-electron chi connectivity index (χ1n) is 9.62. The highest BCUT2D eigenvalue weighted by atomic mass is 19.1. The van der Waals surface area contributed by atoms with Gasteiger partial charge in [0.2, 0.25) is 0 Å². The second-order valence-electron chi connectivity index (χ2n) is 7.43. The van der Waals surface area contributed by atoms with Gasteiger partial charge in [0.25, 0.3) is 0 Å². The van der Waals surface area contributed by atoms with Gasteiger partial charge in [-0.2, -0.15) is 0 Å². The minimum absolute atomic E-state index is 0.221. The molecule has 0 aliphatic heterocycles. The van der Waals surface area contributed by atoms with Crippen LogP contribution in [-0.2, 0) is 0 Å². The Morgan fingerprint density at radius 3 is 2.57 bits per heavy atom. The van der Waals surface area contributed by atoms with Crippen LogP contribution in [0.15, 0.2) is 77.9 Å². The van der Waals surface area contributed by atoms with E-state index in [0.29, 0.717) is 17.0 Å². The number of aliphatic imine (C=N–C) groups is 1. The van der Waals surface area contributed by atoms with Crippen LogP contribution in [0.4, 0.5) is 14.6 Å². The Kier molecular flexibility index (Phi) is 6.31. The quantitative estimate of drug-likeness (QED) is 0.292. The fraction of sp³-hybridized carbons (Fsp3) is 0.160. The molecule has 0 spiro atoms. The molecule has 0 fully saturated rings. The fourth-order valence-corrected chi connectivity index (χ4v) is 3.55. The number of benzene rings is 2. The molecule has 3 aromatic rings. The van der Waals surface area contributed by atoms with Crippen molar-refractivity contribution < 1.29 is 8.78 Å². The van der Waals surface area contributed by atoms with Crippen molar-refractivity contribution in [1.29, 1.82) is 0 Å². The molecule has 0 radical (unpaired) electrons. The van der Waals surface area contributed by atoms with Crippen LogP contribution in [0.2, 0.25) is 0 Å². The lowest BCUT2D eigenvalue weighted by atomic mass is 9.87. The molecule has 0 amide bonds. The molecule has 1 unspecified atom stereocenters. The maximum atomic E-state index is 14.4. The first-order chi connectivity index (χ1) is 14.3. The summed E-state index contributed by atoms with van der Waals surface area (Å²) in [6.45, 7) is 9.81. The Morgan fingerprint density at radius 2 is 1.87 bits per heavy atom. The summed E-state index contributed by atoms with van der Waals surface area (Å²) in [5.41, 5.74) is 5.01. The van der Waals surface area contributed by atoms with E-state index in [4.69, 9.17) is 5.84 Å². The molecule has 3 nitrogen and oxygen atoms in total. The summed E-state index contributed by atoms with van der Waals surface area (Å²) in [7, 11) is 0. The van der Waals surface area contributed by atoms with E-state index in [1.54, 1.807) is 25.4 Å². The van der Waals surface area contributed by atoms with Crippen LogP contribution in [0.1, 0.15) is 42.0 Å². The molecule has 30 heavy (non-hydrogen) atoms. The molecule has 154 valence electrons. The zero-order chi connectivity index (χ0) is 21.8. The molecular weight excluding hydrogens is 380 g/mol. The third-order valence-corrected chi connectivity index (χ3v) is 5.04. The number of aromatic nitrogens is 1. The summed E-state index contributed by atoms with van der Waals surface area (Å²) < 4.78 is 29.5. The van der Waals surface area contributed by atoms with E-state index in [-0.39, 0.29) is 5.56 Å². The molecule has 1 heterocycles. The molecule has 3 rings (SSSR count). The molecule has 2 aromatic carbocycles. The summed E-state index contributed by atoms with van der Waals surface area (Å²) in [6.07, 6.45) is 5.26. The van der Waals surface area contributed by atoms with Gasteiger partial charge in [-0.25, -0.2) is 13.8 Å². The van der Waals surface area contributed by atoms with Gasteiger partial charge >= 0.3 is 0 Å². The van der Waals surface area contributed by atoms with Crippen LogP contribution in [0.25, 0.3) is 5.57 Å². The van der Waals surface area contributed by atoms with Crippen LogP contribution in [0, 0.1) is 18.6 Å². The van der Waals surface area contributed by atoms with Gasteiger partial charge in [-0.1, -0.05) is 36.4 Å². The summed E-state index contributed by atoms with van der Waals surface area (Å²) >= 11 is 0. The van der Waals surface area contributed by atoms with E-state index in [1.807, 2.05) is 25.1 Å². The minimum atomic E-state index is -0.524. The standard InChI is InChI=1S/C25H25F2N3/c1-16(2)25(22-14-20(26)9-10-23(22)27)19-13-24(30(28)15-19)29-12-11-18(4)21-8-6-5-7-17(21)3/h5-15,25H,1,28H2,2-4H3/b18-11+,29-12-. The monoisotopic (exact) mass is 405 g/mol. The van der Waals surface area contributed by atoms with Crippen LogP contribution in [0.5, 0.6) is 0 Å². The van der Waals surface area contributed by atoms with Crippen molar-refractivity contribution >= 4 is 17.6 Å². The van der Waals surface area contributed by atoms with Gasteiger partial charge in [0.15, 0.2) is 5.82 Å². The zero-order valence-corrected chi connectivity index (χ0v) is 17.4. The average molecular weight is 405 g/mol. The number of halogens is 2. The molecule has 0 saturated heterocycles. The largest absolute Gasteiger partial charge is 0.338 e. The molecule has 0 bridgehead atoms. The minimum Gasteiger partial charge on any atom is -0.338 e. The van der Waals surface area contributed by atoms with E-state index in [1.165, 1.54) is 16.3 Å². The van der Waals surface area contributed by atoms with Crippen molar-refractivity contribution in [2.45, 2.75) is 26.7 Å². The summed E-state index contributed by atoms with van der Waals surface area (Å²) in [5.74, 6) is 5.05. The summed E-state index contributed by atoms with van der Waals surface area (Å²) in [4.78, 5) is 4.44. The van der Waals surface area contributed by atoms with E-state index in [9.17, 15) is 8.78 Å². The highest BCUT2D eigenvalue weighted by Crippen LogP contribution is 2.35. The Bertz CT molecular complexity index is 1140. The van der Waals surface area contributed by atoms with Crippen LogP contribution in [0.3, 0.4) is 0 Å². The maximum absolute atomic E-state index is 14.4. The lowest BCUT2D eigenvalue weighted by Gasteiger charge is -2.17. The molecule has 0 aliphatic rings. The fourth-order valence-electron chi connectivity index (χ4n) is 3.55. The molecule has 0 saturated carbocycles. The van der Waals surface area contributed by atoms with Crippen molar-refractivity contribution in [3.63, 3.8) is 0 Å². The highest BCUT2D eigenvalue weighted by molar-refractivity contribution is 5.85. The molecular formula is C25H25F2N3. The lowest BCUT2D eigenvalue weighted by Crippen LogP contribution is -2.07. The Balaban J connectivity index is 1.91. The van der Waals surface area contributed by atoms with Crippen molar-refractivity contribution in [2.75, 3.05) is 5.84 Å². The number of nitrogen functional groups attached to an aromatic ring is 1. The Hall–Kier alpha value is -3.47. The first-order valence-corrected chi connectivity index (χ1v) is 9.62. The van der Waals surface area contributed by atoms with Crippen LogP contribution >= 0.6 is 0 Å². The number of rotatable bonds is 6. The predicted molar refractivity (Wildman–Crippen MR) is 121 cm³/mol. The smallest absolute Gasteiger partial charge is 0.150 e. The molecule has 5 heteroatoms. The number of nitrogens with two attached hydrogens (primary N) is 1. The average Bonchev–Trinajstić information content (AvgIpc) is 3.04.